The molecular formula is C14H20Br2N2O. The molecule has 1 saturated heterocycles. The van der Waals surface area contributed by atoms with Crippen LogP contribution in [0.4, 0.5) is 0 Å². The molecule has 2 rings (SSSR count). The zero-order valence-corrected chi connectivity index (χ0v) is 14.3. The van der Waals surface area contributed by atoms with E-state index in [1.54, 1.807) is 0 Å². The largest absolute Gasteiger partial charge is 0.374 e. The van der Waals surface area contributed by atoms with Crippen LogP contribution in [-0.4, -0.2) is 43.8 Å². The summed E-state index contributed by atoms with van der Waals surface area (Å²) in [5.74, 6) is 0. The van der Waals surface area contributed by atoms with Gasteiger partial charge in [0.05, 0.1) is 12.7 Å². The van der Waals surface area contributed by atoms with Crippen molar-refractivity contribution < 1.29 is 4.74 Å². The lowest BCUT2D eigenvalue weighted by Crippen LogP contribution is -2.46. The molecule has 1 aliphatic rings. The van der Waals surface area contributed by atoms with E-state index in [9.17, 15) is 0 Å². The second kappa shape index (κ2) is 7.74. The Morgan fingerprint density at radius 1 is 1.37 bits per heavy atom. The van der Waals surface area contributed by atoms with Gasteiger partial charge in [-0.2, -0.15) is 0 Å². The van der Waals surface area contributed by atoms with Crippen LogP contribution in [0.15, 0.2) is 27.1 Å². The van der Waals surface area contributed by atoms with Crippen molar-refractivity contribution in [1.29, 1.82) is 0 Å². The quantitative estimate of drug-likeness (QED) is 0.834. The molecule has 19 heavy (non-hydrogen) atoms. The lowest BCUT2D eigenvalue weighted by molar-refractivity contribution is -0.0253. The summed E-state index contributed by atoms with van der Waals surface area (Å²) in [4.78, 5) is 2.44. The number of hydrogen-bond acceptors (Lipinski definition) is 3. The van der Waals surface area contributed by atoms with Gasteiger partial charge in [-0.25, -0.2) is 0 Å². The summed E-state index contributed by atoms with van der Waals surface area (Å²) in [6.45, 7) is 8.04. The molecule has 0 saturated carbocycles. The number of halogens is 2. The summed E-state index contributed by atoms with van der Waals surface area (Å²) in [5.41, 5.74) is 1.28. The van der Waals surface area contributed by atoms with Gasteiger partial charge in [0.25, 0.3) is 0 Å². The number of ether oxygens (including phenoxy) is 1. The van der Waals surface area contributed by atoms with E-state index in [1.807, 2.05) is 0 Å². The molecule has 1 aliphatic heterocycles. The maximum Gasteiger partial charge on any atom is 0.0826 e. The van der Waals surface area contributed by atoms with Crippen molar-refractivity contribution >= 4 is 31.9 Å². The van der Waals surface area contributed by atoms with Crippen molar-refractivity contribution in [1.82, 2.24) is 10.2 Å². The van der Waals surface area contributed by atoms with Gasteiger partial charge < -0.3 is 10.1 Å². The van der Waals surface area contributed by atoms with E-state index in [0.29, 0.717) is 6.10 Å². The molecule has 0 amide bonds. The maximum absolute atomic E-state index is 5.77. The molecule has 1 heterocycles. The molecule has 3 nitrogen and oxygen atoms in total. The number of nitrogens with zero attached hydrogens (tertiary/aromatic N) is 1. The fraction of sp³-hybridized carbons (Fsp3) is 0.571. The van der Waals surface area contributed by atoms with Crippen LogP contribution in [0.2, 0.25) is 0 Å². The molecule has 1 fully saturated rings. The first kappa shape index (κ1) is 15.4. The number of rotatable bonds is 5. The molecule has 1 aromatic carbocycles. The van der Waals surface area contributed by atoms with Gasteiger partial charge in [0.15, 0.2) is 0 Å². The summed E-state index contributed by atoms with van der Waals surface area (Å²) in [7, 11) is 0. The van der Waals surface area contributed by atoms with Gasteiger partial charge in [0.2, 0.25) is 0 Å². The summed E-state index contributed by atoms with van der Waals surface area (Å²) in [5, 5.41) is 3.47. The summed E-state index contributed by atoms with van der Waals surface area (Å²) < 4.78 is 7.95. The van der Waals surface area contributed by atoms with E-state index in [0.717, 1.165) is 48.3 Å². The smallest absolute Gasteiger partial charge is 0.0826 e. The Labute approximate surface area is 132 Å². The molecule has 1 aromatic rings. The van der Waals surface area contributed by atoms with Crippen LogP contribution in [0.25, 0.3) is 0 Å². The number of morpholine rings is 1. The van der Waals surface area contributed by atoms with Crippen LogP contribution >= 0.6 is 31.9 Å². The van der Waals surface area contributed by atoms with Gasteiger partial charge in [-0.1, -0.05) is 13.0 Å². The van der Waals surface area contributed by atoms with E-state index in [4.69, 9.17) is 4.74 Å². The third kappa shape index (κ3) is 4.83. The molecule has 1 unspecified atom stereocenters. The van der Waals surface area contributed by atoms with Crippen molar-refractivity contribution in [2.45, 2.75) is 19.6 Å². The van der Waals surface area contributed by atoms with Crippen LogP contribution < -0.4 is 5.32 Å². The second-order valence-electron chi connectivity index (χ2n) is 4.77. The molecule has 0 spiro atoms. The van der Waals surface area contributed by atoms with Crippen LogP contribution in [0.3, 0.4) is 0 Å². The normalized spacial score (nSPS) is 20.7. The second-order valence-corrected chi connectivity index (χ2v) is 6.47. The van der Waals surface area contributed by atoms with Crippen molar-refractivity contribution in [3.63, 3.8) is 0 Å². The molecule has 5 heteroatoms. The Bertz CT molecular complexity index is 414. The van der Waals surface area contributed by atoms with Gasteiger partial charge in [-0.05, 0) is 56.1 Å². The predicted molar refractivity (Wildman–Crippen MR) is 85.4 cm³/mol. The lowest BCUT2D eigenvalue weighted by atomic mass is 10.2. The number of likely N-dealkylation sites (N-methyl/N-ethyl adjacent to an activating group) is 1. The first-order valence-electron chi connectivity index (χ1n) is 6.67. The summed E-state index contributed by atoms with van der Waals surface area (Å²) in [6.07, 6.45) is 0.313. The Balaban J connectivity index is 1.75. The maximum atomic E-state index is 5.77. The highest BCUT2D eigenvalue weighted by Crippen LogP contribution is 2.23. The average molecular weight is 392 g/mol. The molecule has 0 bridgehead atoms. The number of hydrogen-bond donors (Lipinski definition) is 1. The fourth-order valence-electron chi connectivity index (χ4n) is 2.22. The van der Waals surface area contributed by atoms with Crippen molar-refractivity contribution in [3.8, 4) is 0 Å². The number of nitrogens with one attached hydrogen (secondary N) is 1. The minimum Gasteiger partial charge on any atom is -0.374 e. The zero-order chi connectivity index (χ0) is 13.7. The molecule has 0 aromatic heterocycles. The highest BCUT2D eigenvalue weighted by atomic mass is 79.9. The minimum absolute atomic E-state index is 0.313. The Morgan fingerprint density at radius 3 is 2.95 bits per heavy atom. The number of benzene rings is 1. The molecular weight excluding hydrogens is 372 g/mol. The third-order valence-corrected chi connectivity index (χ3v) is 5.23. The van der Waals surface area contributed by atoms with Gasteiger partial charge in [-0.3, -0.25) is 4.90 Å². The Kier molecular flexibility index (Phi) is 6.29. The fourth-order valence-corrected chi connectivity index (χ4v) is 2.89. The predicted octanol–water partition coefficient (Wildman–Crippen LogP) is 3.02. The van der Waals surface area contributed by atoms with Crippen LogP contribution in [0, 0.1) is 0 Å². The van der Waals surface area contributed by atoms with E-state index >= 15 is 0 Å². The SMILES string of the molecule is CCN1CCOC(CNCc2ccc(Br)c(Br)c2)C1. The minimum atomic E-state index is 0.313. The first-order valence-corrected chi connectivity index (χ1v) is 8.26. The Morgan fingerprint density at radius 2 is 2.21 bits per heavy atom. The van der Waals surface area contributed by atoms with Crippen molar-refractivity contribution in [3.05, 3.63) is 32.7 Å². The summed E-state index contributed by atoms with van der Waals surface area (Å²) in [6, 6.07) is 6.33. The summed E-state index contributed by atoms with van der Waals surface area (Å²) >= 11 is 7.01. The van der Waals surface area contributed by atoms with Crippen LogP contribution in [-0.2, 0) is 11.3 Å². The van der Waals surface area contributed by atoms with Crippen LogP contribution in [0.1, 0.15) is 12.5 Å². The van der Waals surface area contributed by atoms with Crippen molar-refractivity contribution in [2.75, 3.05) is 32.8 Å². The average Bonchev–Trinajstić information content (AvgIpc) is 2.43. The van der Waals surface area contributed by atoms with Gasteiger partial charge in [0, 0.05) is 35.1 Å². The van der Waals surface area contributed by atoms with E-state index < -0.39 is 0 Å². The molecule has 0 aliphatic carbocycles. The monoisotopic (exact) mass is 390 g/mol. The topological polar surface area (TPSA) is 24.5 Å². The molecule has 1 atom stereocenters. The van der Waals surface area contributed by atoms with Gasteiger partial charge in [0.1, 0.15) is 0 Å². The molecule has 1 N–H and O–H groups in total. The zero-order valence-electron chi connectivity index (χ0n) is 11.2. The first-order chi connectivity index (χ1) is 9.19. The highest BCUT2D eigenvalue weighted by molar-refractivity contribution is 9.13. The Hall–Kier alpha value is 0.0600. The molecule has 0 radical (unpaired) electrons. The van der Waals surface area contributed by atoms with E-state index in [-0.39, 0.29) is 0 Å². The third-order valence-electron chi connectivity index (χ3n) is 3.36. The molecule has 106 valence electrons. The van der Waals surface area contributed by atoms with Gasteiger partial charge in [-0.15, -0.1) is 0 Å². The van der Waals surface area contributed by atoms with Crippen LogP contribution in [0.5, 0.6) is 0 Å². The lowest BCUT2D eigenvalue weighted by Gasteiger charge is -2.32. The standard InChI is InChI=1S/C14H20Br2N2O/c1-2-18-5-6-19-12(10-18)9-17-8-11-3-4-13(15)14(16)7-11/h3-4,7,12,17H,2,5-6,8-10H2,1H3. The van der Waals surface area contributed by atoms with E-state index in [1.165, 1.54) is 5.56 Å². The highest BCUT2D eigenvalue weighted by Gasteiger charge is 2.18. The van der Waals surface area contributed by atoms with Crippen molar-refractivity contribution in [2.24, 2.45) is 0 Å². The van der Waals surface area contributed by atoms with Gasteiger partial charge >= 0.3 is 0 Å². The van der Waals surface area contributed by atoms with E-state index in [2.05, 4.69) is 67.2 Å².